The van der Waals surface area contributed by atoms with Gasteiger partial charge in [-0.25, -0.2) is 0 Å². The molecular formula is C35H31NO6. The number of carbonyl (C=O) groups is 1. The van der Waals surface area contributed by atoms with Crippen molar-refractivity contribution in [1.29, 1.82) is 0 Å². The molecule has 5 aromatic rings. The van der Waals surface area contributed by atoms with Crippen LogP contribution in [0.15, 0.2) is 94.1 Å². The van der Waals surface area contributed by atoms with Crippen LogP contribution in [0.4, 0.5) is 0 Å². The molecule has 7 heteroatoms. The quantitative estimate of drug-likeness (QED) is 0.209. The zero-order valence-corrected chi connectivity index (χ0v) is 24.0. The monoisotopic (exact) mass is 561 g/mol. The molecule has 0 spiro atoms. The van der Waals surface area contributed by atoms with Gasteiger partial charge in [-0.1, -0.05) is 54.6 Å². The molecule has 1 aliphatic rings. The number of methoxy groups -OCH3 is 2. The summed E-state index contributed by atoms with van der Waals surface area (Å²) in [4.78, 5) is 29.8. The second kappa shape index (κ2) is 11.1. The minimum atomic E-state index is -0.687. The smallest absolute Gasteiger partial charge is 0.291 e. The molecule has 0 saturated carbocycles. The lowest BCUT2D eigenvalue weighted by atomic mass is 9.96. The van der Waals surface area contributed by atoms with Gasteiger partial charge in [0.2, 0.25) is 5.76 Å². The maximum Gasteiger partial charge on any atom is 0.291 e. The molecule has 4 aromatic carbocycles. The summed E-state index contributed by atoms with van der Waals surface area (Å²) < 4.78 is 23.3. The summed E-state index contributed by atoms with van der Waals surface area (Å²) in [5.74, 6) is 1.52. The number of ether oxygens (including phenoxy) is 3. The lowest BCUT2D eigenvalue weighted by Crippen LogP contribution is -2.29. The van der Waals surface area contributed by atoms with E-state index < -0.39 is 6.04 Å². The van der Waals surface area contributed by atoms with Crippen molar-refractivity contribution in [2.75, 3.05) is 14.2 Å². The second-order valence-corrected chi connectivity index (χ2v) is 10.5. The largest absolute Gasteiger partial charge is 0.497 e. The maximum absolute atomic E-state index is 14.1. The normalized spacial score (nSPS) is 14.2. The molecule has 212 valence electrons. The Labute approximate surface area is 243 Å². The third-order valence-electron chi connectivity index (χ3n) is 7.65. The van der Waals surface area contributed by atoms with E-state index in [9.17, 15) is 9.59 Å². The van der Waals surface area contributed by atoms with Crippen molar-refractivity contribution in [2.24, 2.45) is 0 Å². The molecule has 1 aromatic heterocycles. The van der Waals surface area contributed by atoms with Crippen molar-refractivity contribution in [3.8, 4) is 17.2 Å². The van der Waals surface area contributed by atoms with Crippen LogP contribution in [0.1, 0.15) is 50.0 Å². The second-order valence-electron chi connectivity index (χ2n) is 10.5. The van der Waals surface area contributed by atoms with Crippen LogP contribution in [0.3, 0.4) is 0 Å². The molecule has 0 aliphatic carbocycles. The number of fused-ring (bicyclic) bond motifs is 2. The highest BCUT2D eigenvalue weighted by Gasteiger charge is 2.43. The van der Waals surface area contributed by atoms with Crippen LogP contribution in [-0.4, -0.2) is 25.0 Å². The van der Waals surface area contributed by atoms with Crippen molar-refractivity contribution < 1.29 is 23.4 Å². The Kier molecular flexibility index (Phi) is 7.17. The molecular weight excluding hydrogens is 530 g/mol. The van der Waals surface area contributed by atoms with E-state index in [0.717, 1.165) is 33.6 Å². The average molecular weight is 562 g/mol. The summed E-state index contributed by atoms with van der Waals surface area (Å²) in [6.45, 7) is 4.46. The fourth-order valence-corrected chi connectivity index (χ4v) is 5.62. The van der Waals surface area contributed by atoms with Crippen LogP contribution in [0, 0.1) is 13.8 Å². The van der Waals surface area contributed by atoms with Gasteiger partial charge in [0.1, 0.15) is 17.9 Å². The van der Waals surface area contributed by atoms with Crippen LogP contribution < -0.4 is 19.6 Å². The van der Waals surface area contributed by atoms with Crippen LogP contribution >= 0.6 is 0 Å². The predicted octanol–water partition coefficient (Wildman–Crippen LogP) is 6.75. The van der Waals surface area contributed by atoms with Gasteiger partial charge in [0, 0.05) is 6.54 Å². The molecule has 42 heavy (non-hydrogen) atoms. The van der Waals surface area contributed by atoms with Crippen LogP contribution in [0.5, 0.6) is 17.2 Å². The molecule has 0 saturated heterocycles. The van der Waals surface area contributed by atoms with Crippen molar-refractivity contribution in [3.63, 3.8) is 0 Å². The minimum Gasteiger partial charge on any atom is -0.497 e. The Morgan fingerprint density at radius 3 is 2.29 bits per heavy atom. The predicted molar refractivity (Wildman–Crippen MR) is 160 cm³/mol. The zero-order valence-electron chi connectivity index (χ0n) is 24.0. The first-order valence-electron chi connectivity index (χ1n) is 13.7. The van der Waals surface area contributed by atoms with Gasteiger partial charge >= 0.3 is 0 Å². The van der Waals surface area contributed by atoms with E-state index >= 15 is 0 Å². The van der Waals surface area contributed by atoms with Crippen molar-refractivity contribution in [1.82, 2.24) is 4.90 Å². The summed E-state index contributed by atoms with van der Waals surface area (Å²) >= 11 is 0. The SMILES string of the molecule is COc1ccc(CN2C(=O)c3oc4c(C)cc(C)cc4c(=O)c3C2c2ccc(OCc3ccccc3)c(OC)c2)cc1. The molecule has 1 unspecified atom stereocenters. The summed E-state index contributed by atoms with van der Waals surface area (Å²) in [5.41, 5.74) is 4.94. The number of hydrogen-bond acceptors (Lipinski definition) is 6. The Bertz CT molecular complexity index is 1840. The summed E-state index contributed by atoms with van der Waals surface area (Å²) in [7, 11) is 3.18. The van der Waals surface area contributed by atoms with Gasteiger partial charge in [0.25, 0.3) is 5.91 Å². The van der Waals surface area contributed by atoms with E-state index in [0.29, 0.717) is 34.6 Å². The van der Waals surface area contributed by atoms with Crippen molar-refractivity contribution >= 4 is 16.9 Å². The maximum atomic E-state index is 14.1. The molecule has 7 nitrogen and oxygen atoms in total. The average Bonchev–Trinajstić information content (AvgIpc) is 3.28. The van der Waals surface area contributed by atoms with E-state index in [1.54, 1.807) is 19.1 Å². The number of hydrogen-bond donors (Lipinski definition) is 0. The third kappa shape index (κ3) is 4.87. The summed E-state index contributed by atoms with van der Waals surface area (Å²) in [6.07, 6.45) is 0. The van der Waals surface area contributed by atoms with Gasteiger partial charge in [-0.05, 0) is 72.0 Å². The lowest BCUT2D eigenvalue weighted by molar-refractivity contribution is 0.0714. The topological polar surface area (TPSA) is 78.2 Å². The molecule has 0 bridgehead atoms. The Balaban J connectivity index is 1.46. The van der Waals surface area contributed by atoms with Gasteiger partial charge < -0.3 is 23.5 Å². The number of amides is 1. The molecule has 0 radical (unpaired) electrons. The molecule has 0 fully saturated rings. The van der Waals surface area contributed by atoms with Crippen molar-refractivity contribution in [2.45, 2.75) is 33.0 Å². The standard InChI is InChI=1S/C35H31NO6/c1-21-16-22(2)33-27(17-21)32(37)30-31(36(35(38)34(30)42-33)19-23-10-13-26(39-3)14-11-23)25-12-15-28(29(18-25)40-4)41-20-24-8-6-5-7-9-24/h5-18,31H,19-20H2,1-4H3. The van der Waals surface area contributed by atoms with Crippen molar-refractivity contribution in [3.05, 3.63) is 134 Å². The molecule has 1 amide bonds. The number of nitrogens with zero attached hydrogens (tertiary/aromatic N) is 1. The molecule has 6 rings (SSSR count). The Hall–Kier alpha value is -5.04. The summed E-state index contributed by atoms with van der Waals surface area (Å²) in [6, 6.07) is 26.0. The fourth-order valence-electron chi connectivity index (χ4n) is 5.62. The first kappa shape index (κ1) is 27.1. The highest BCUT2D eigenvalue weighted by Crippen LogP contribution is 2.42. The number of carbonyl (C=O) groups excluding carboxylic acids is 1. The van der Waals surface area contributed by atoms with Gasteiger partial charge in [-0.2, -0.15) is 0 Å². The highest BCUT2D eigenvalue weighted by molar-refractivity contribution is 5.99. The van der Waals surface area contributed by atoms with Crippen LogP contribution in [0.2, 0.25) is 0 Å². The minimum absolute atomic E-state index is 0.0707. The highest BCUT2D eigenvalue weighted by atomic mass is 16.5. The van der Waals surface area contributed by atoms with E-state index in [1.165, 1.54) is 0 Å². The van der Waals surface area contributed by atoms with E-state index in [1.807, 2.05) is 98.8 Å². The van der Waals surface area contributed by atoms with Gasteiger partial charge in [0.15, 0.2) is 16.9 Å². The molecule has 1 aliphatic heterocycles. The van der Waals surface area contributed by atoms with E-state index in [2.05, 4.69) is 0 Å². The van der Waals surface area contributed by atoms with Gasteiger partial charge in [0.05, 0.1) is 31.2 Å². The van der Waals surface area contributed by atoms with E-state index in [-0.39, 0.29) is 23.6 Å². The molecule has 0 N–H and O–H groups in total. The first-order chi connectivity index (χ1) is 20.4. The molecule has 1 atom stereocenters. The fraction of sp³-hybridized carbons (Fsp3) is 0.200. The number of rotatable bonds is 8. The Morgan fingerprint density at radius 2 is 1.57 bits per heavy atom. The number of benzene rings is 4. The first-order valence-corrected chi connectivity index (χ1v) is 13.7. The van der Waals surface area contributed by atoms with Crippen LogP contribution in [-0.2, 0) is 13.2 Å². The van der Waals surface area contributed by atoms with E-state index in [4.69, 9.17) is 18.6 Å². The van der Waals surface area contributed by atoms with Gasteiger partial charge in [-0.3, -0.25) is 9.59 Å². The Morgan fingerprint density at radius 1 is 0.810 bits per heavy atom. The van der Waals surface area contributed by atoms with Crippen LogP contribution in [0.25, 0.3) is 11.0 Å². The summed E-state index contributed by atoms with van der Waals surface area (Å²) in [5, 5.41) is 0.463. The zero-order chi connectivity index (χ0) is 29.4. The number of aryl methyl sites for hydroxylation is 2. The molecule has 2 heterocycles. The van der Waals surface area contributed by atoms with Gasteiger partial charge in [-0.15, -0.1) is 0 Å². The lowest BCUT2D eigenvalue weighted by Gasteiger charge is -2.26. The third-order valence-corrected chi connectivity index (χ3v) is 7.65.